The zero-order valence-corrected chi connectivity index (χ0v) is 9.99. The van der Waals surface area contributed by atoms with Crippen LogP contribution in [-0.2, 0) is 11.2 Å². The molecule has 0 bridgehead atoms. The van der Waals surface area contributed by atoms with Gasteiger partial charge in [-0.3, -0.25) is 4.79 Å². The summed E-state index contributed by atoms with van der Waals surface area (Å²) < 4.78 is 5.34. The predicted octanol–water partition coefficient (Wildman–Crippen LogP) is 3.37. The Balaban J connectivity index is 2.92. The number of aliphatic carboxylic acids is 1. The Hall–Kier alpha value is -1.51. The van der Waals surface area contributed by atoms with Gasteiger partial charge in [-0.25, -0.2) is 0 Å². The molecule has 0 saturated carbocycles. The van der Waals surface area contributed by atoms with Gasteiger partial charge in [-0.1, -0.05) is 18.6 Å². The molecule has 0 spiro atoms. The van der Waals surface area contributed by atoms with Gasteiger partial charge in [0, 0.05) is 12.0 Å². The summed E-state index contributed by atoms with van der Waals surface area (Å²) in [6.07, 6.45) is 4.84. The molecule has 1 atom stereocenters. The average Bonchev–Trinajstić information content (AvgIpc) is 2.63. The van der Waals surface area contributed by atoms with Gasteiger partial charge in [0.15, 0.2) is 0 Å². The summed E-state index contributed by atoms with van der Waals surface area (Å²) in [5.41, 5.74) is 2.00. The summed E-state index contributed by atoms with van der Waals surface area (Å²) in [6.45, 7) is 5.89. The quantitative estimate of drug-likeness (QED) is 0.777. The molecule has 1 aromatic rings. The highest BCUT2D eigenvalue weighted by Gasteiger charge is 2.22. The van der Waals surface area contributed by atoms with Gasteiger partial charge in [-0.15, -0.1) is 0 Å². The Morgan fingerprint density at radius 1 is 1.56 bits per heavy atom. The highest BCUT2D eigenvalue weighted by atomic mass is 16.4. The van der Waals surface area contributed by atoms with Crippen molar-refractivity contribution in [3.05, 3.63) is 35.3 Å². The van der Waals surface area contributed by atoms with Crippen LogP contribution in [-0.4, -0.2) is 11.1 Å². The average molecular weight is 222 g/mol. The van der Waals surface area contributed by atoms with Crippen LogP contribution in [0.3, 0.4) is 0 Å². The van der Waals surface area contributed by atoms with Crippen LogP contribution in [0.5, 0.6) is 0 Å². The number of carboxylic acids is 1. The Labute approximate surface area is 95.8 Å². The van der Waals surface area contributed by atoms with Gasteiger partial charge in [0.25, 0.3) is 0 Å². The van der Waals surface area contributed by atoms with E-state index in [-0.39, 0.29) is 0 Å². The van der Waals surface area contributed by atoms with Gasteiger partial charge in [0.05, 0.1) is 12.2 Å². The number of carbonyl (C=O) groups is 1. The maximum absolute atomic E-state index is 11.1. The zero-order valence-electron chi connectivity index (χ0n) is 9.99. The van der Waals surface area contributed by atoms with Crippen LogP contribution in [0.15, 0.2) is 28.4 Å². The van der Waals surface area contributed by atoms with E-state index in [1.54, 1.807) is 12.3 Å². The lowest BCUT2D eigenvalue weighted by Gasteiger charge is -2.08. The molecule has 0 fully saturated rings. The Morgan fingerprint density at radius 2 is 2.25 bits per heavy atom. The molecule has 1 rings (SSSR count). The van der Waals surface area contributed by atoms with E-state index in [1.165, 1.54) is 5.57 Å². The topological polar surface area (TPSA) is 50.4 Å². The van der Waals surface area contributed by atoms with Crippen molar-refractivity contribution in [1.82, 2.24) is 0 Å². The largest absolute Gasteiger partial charge is 0.481 e. The molecule has 0 aromatic carbocycles. The second-order valence-corrected chi connectivity index (χ2v) is 4.08. The normalized spacial score (nSPS) is 12.2. The van der Waals surface area contributed by atoms with E-state index >= 15 is 0 Å². The van der Waals surface area contributed by atoms with Crippen LogP contribution < -0.4 is 0 Å². The molecule has 1 unspecified atom stereocenters. The van der Waals surface area contributed by atoms with Crippen molar-refractivity contribution in [1.29, 1.82) is 0 Å². The third-order valence-electron chi connectivity index (χ3n) is 2.56. The Morgan fingerprint density at radius 3 is 2.75 bits per heavy atom. The molecular weight excluding hydrogens is 204 g/mol. The monoisotopic (exact) mass is 222 g/mol. The van der Waals surface area contributed by atoms with E-state index in [0.717, 1.165) is 11.3 Å². The minimum Gasteiger partial charge on any atom is -0.481 e. The Kier molecular flexibility index (Phi) is 4.35. The fraction of sp³-hybridized carbons (Fsp3) is 0.462. The van der Waals surface area contributed by atoms with Crippen molar-refractivity contribution in [3.63, 3.8) is 0 Å². The fourth-order valence-electron chi connectivity index (χ4n) is 1.65. The second-order valence-electron chi connectivity index (χ2n) is 4.08. The first-order chi connectivity index (χ1) is 7.56. The second kappa shape index (κ2) is 5.54. The molecule has 0 aliphatic rings. The van der Waals surface area contributed by atoms with Gasteiger partial charge >= 0.3 is 5.97 Å². The van der Waals surface area contributed by atoms with Crippen molar-refractivity contribution in [2.45, 2.75) is 39.5 Å². The van der Waals surface area contributed by atoms with Crippen molar-refractivity contribution in [3.8, 4) is 0 Å². The molecular formula is C13H18O3. The minimum absolute atomic E-state index is 0.459. The first kappa shape index (κ1) is 12.6. The maximum atomic E-state index is 11.1. The number of hydrogen-bond donors (Lipinski definition) is 1. The van der Waals surface area contributed by atoms with Gasteiger partial charge in [0.2, 0.25) is 0 Å². The van der Waals surface area contributed by atoms with Crippen molar-refractivity contribution in [2.24, 2.45) is 0 Å². The lowest BCUT2D eigenvalue weighted by molar-refractivity contribution is -0.138. The molecule has 0 aliphatic carbocycles. The van der Waals surface area contributed by atoms with E-state index < -0.39 is 11.9 Å². The molecule has 3 nitrogen and oxygen atoms in total. The van der Waals surface area contributed by atoms with Crippen LogP contribution in [0, 0.1) is 0 Å². The molecule has 0 saturated heterocycles. The first-order valence-corrected chi connectivity index (χ1v) is 5.48. The molecule has 88 valence electrons. The van der Waals surface area contributed by atoms with Crippen LogP contribution in [0.1, 0.15) is 44.4 Å². The van der Waals surface area contributed by atoms with E-state index in [1.807, 2.05) is 26.8 Å². The van der Waals surface area contributed by atoms with E-state index in [0.29, 0.717) is 12.8 Å². The number of allylic oxidation sites excluding steroid dienone is 2. The van der Waals surface area contributed by atoms with Crippen LogP contribution in [0.4, 0.5) is 0 Å². The number of furan rings is 1. The standard InChI is InChI=1S/C13H18O3/c1-4-10(13(14)15)11-7-8-16-12(11)6-5-9(2)3/h5,7-8,10H,4,6H2,1-3H3,(H,14,15). The van der Waals surface area contributed by atoms with E-state index in [4.69, 9.17) is 9.52 Å². The number of rotatable bonds is 5. The lowest BCUT2D eigenvalue weighted by Crippen LogP contribution is -2.11. The van der Waals surface area contributed by atoms with Gasteiger partial charge in [0.1, 0.15) is 5.76 Å². The van der Waals surface area contributed by atoms with Crippen molar-refractivity contribution >= 4 is 5.97 Å². The Bertz CT molecular complexity index is 384. The summed E-state index contributed by atoms with van der Waals surface area (Å²) >= 11 is 0. The molecule has 1 aromatic heterocycles. The van der Waals surface area contributed by atoms with Gasteiger partial charge in [-0.2, -0.15) is 0 Å². The smallest absolute Gasteiger partial charge is 0.311 e. The summed E-state index contributed by atoms with van der Waals surface area (Å²) in [5, 5.41) is 9.09. The third kappa shape index (κ3) is 2.99. The molecule has 0 radical (unpaired) electrons. The lowest BCUT2D eigenvalue weighted by atomic mass is 9.96. The molecule has 3 heteroatoms. The van der Waals surface area contributed by atoms with Crippen LogP contribution >= 0.6 is 0 Å². The summed E-state index contributed by atoms with van der Waals surface area (Å²) in [5.74, 6) is -0.489. The maximum Gasteiger partial charge on any atom is 0.311 e. The van der Waals surface area contributed by atoms with Gasteiger partial charge in [-0.05, 0) is 26.3 Å². The van der Waals surface area contributed by atoms with E-state index in [9.17, 15) is 4.79 Å². The van der Waals surface area contributed by atoms with Gasteiger partial charge < -0.3 is 9.52 Å². The number of carboxylic acid groups (broad SMARTS) is 1. The molecule has 1 N–H and O–H groups in total. The summed E-state index contributed by atoms with van der Waals surface area (Å²) in [7, 11) is 0. The van der Waals surface area contributed by atoms with E-state index in [2.05, 4.69) is 0 Å². The summed E-state index contributed by atoms with van der Waals surface area (Å²) in [4.78, 5) is 11.1. The van der Waals surface area contributed by atoms with Crippen molar-refractivity contribution < 1.29 is 14.3 Å². The van der Waals surface area contributed by atoms with Crippen molar-refractivity contribution in [2.75, 3.05) is 0 Å². The molecule has 0 amide bonds. The summed E-state index contributed by atoms with van der Waals surface area (Å²) in [6, 6.07) is 1.76. The molecule has 1 heterocycles. The van der Waals surface area contributed by atoms with Crippen LogP contribution in [0.2, 0.25) is 0 Å². The number of hydrogen-bond acceptors (Lipinski definition) is 2. The minimum atomic E-state index is -0.789. The highest BCUT2D eigenvalue weighted by Crippen LogP contribution is 2.25. The first-order valence-electron chi connectivity index (χ1n) is 5.48. The highest BCUT2D eigenvalue weighted by molar-refractivity contribution is 5.76. The molecule has 16 heavy (non-hydrogen) atoms. The molecule has 0 aliphatic heterocycles. The fourth-order valence-corrected chi connectivity index (χ4v) is 1.65. The SMILES string of the molecule is CCC(C(=O)O)c1ccoc1CC=C(C)C. The zero-order chi connectivity index (χ0) is 12.1. The predicted molar refractivity (Wildman–Crippen MR) is 62.5 cm³/mol. The van der Waals surface area contributed by atoms with Crippen LogP contribution in [0.25, 0.3) is 0 Å². The third-order valence-corrected chi connectivity index (χ3v) is 2.56.